The number of hydrogen-bond donors (Lipinski definition) is 1. The van der Waals surface area contributed by atoms with Crippen molar-refractivity contribution in [2.75, 3.05) is 6.54 Å². The number of para-hydroxylation sites is 1. The maximum absolute atomic E-state index is 12.7. The van der Waals surface area contributed by atoms with E-state index in [1.54, 1.807) is 36.4 Å². The van der Waals surface area contributed by atoms with E-state index in [0.29, 0.717) is 40.3 Å². The third-order valence-corrected chi connectivity index (χ3v) is 4.64. The highest BCUT2D eigenvalue weighted by Crippen LogP contribution is 2.19. The Hall–Kier alpha value is -3.52. The molecule has 0 atom stereocenters. The SMILES string of the molecule is CCCN(Cc1nc2cc(Cl)ccc2c(=O)[nH]1)C(=O)C=Cc1ccccc1[N+](=O)[O-]. The summed E-state index contributed by atoms with van der Waals surface area (Å²) in [7, 11) is 0. The van der Waals surface area contributed by atoms with Crippen LogP contribution in [0.4, 0.5) is 5.69 Å². The first-order valence-corrected chi connectivity index (χ1v) is 9.65. The lowest BCUT2D eigenvalue weighted by Crippen LogP contribution is -2.31. The summed E-state index contributed by atoms with van der Waals surface area (Å²) < 4.78 is 0. The number of aromatic amines is 1. The summed E-state index contributed by atoms with van der Waals surface area (Å²) in [5.41, 5.74) is 0.381. The van der Waals surface area contributed by atoms with Gasteiger partial charge in [0.2, 0.25) is 5.91 Å². The monoisotopic (exact) mass is 426 g/mol. The molecule has 0 aliphatic heterocycles. The Kier molecular flexibility index (Phi) is 6.58. The van der Waals surface area contributed by atoms with Crippen molar-refractivity contribution in [1.82, 2.24) is 14.9 Å². The molecule has 0 aliphatic rings. The van der Waals surface area contributed by atoms with Crippen LogP contribution in [-0.2, 0) is 11.3 Å². The van der Waals surface area contributed by atoms with E-state index < -0.39 is 4.92 Å². The zero-order valence-electron chi connectivity index (χ0n) is 16.2. The average Bonchev–Trinajstić information content (AvgIpc) is 2.71. The Morgan fingerprint density at radius 2 is 2.07 bits per heavy atom. The molecule has 9 heteroatoms. The molecule has 30 heavy (non-hydrogen) atoms. The summed E-state index contributed by atoms with van der Waals surface area (Å²) in [6.07, 6.45) is 3.39. The van der Waals surface area contributed by atoms with E-state index >= 15 is 0 Å². The van der Waals surface area contributed by atoms with Crippen molar-refractivity contribution in [2.24, 2.45) is 0 Å². The van der Waals surface area contributed by atoms with Crippen LogP contribution in [0.5, 0.6) is 0 Å². The van der Waals surface area contributed by atoms with E-state index in [-0.39, 0.29) is 23.7 Å². The Morgan fingerprint density at radius 3 is 2.80 bits per heavy atom. The minimum Gasteiger partial charge on any atom is -0.332 e. The van der Waals surface area contributed by atoms with Crippen LogP contribution in [0.2, 0.25) is 5.02 Å². The first-order chi connectivity index (χ1) is 14.4. The molecule has 0 unspecified atom stereocenters. The lowest BCUT2D eigenvalue weighted by Gasteiger charge is -2.20. The molecular weight excluding hydrogens is 408 g/mol. The van der Waals surface area contributed by atoms with Crippen LogP contribution in [0, 0.1) is 10.1 Å². The number of aromatic nitrogens is 2. The van der Waals surface area contributed by atoms with Crippen LogP contribution >= 0.6 is 11.6 Å². The Labute approximate surface area is 177 Å². The number of hydrogen-bond acceptors (Lipinski definition) is 5. The van der Waals surface area contributed by atoms with Crippen LogP contribution < -0.4 is 5.56 Å². The molecule has 8 nitrogen and oxygen atoms in total. The minimum atomic E-state index is -0.497. The fraction of sp³-hybridized carbons (Fsp3) is 0.190. The van der Waals surface area contributed by atoms with Gasteiger partial charge in [0.1, 0.15) is 5.82 Å². The lowest BCUT2D eigenvalue weighted by atomic mass is 10.1. The summed E-state index contributed by atoms with van der Waals surface area (Å²) in [5.74, 6) is -0.0144. The van der Waals surface area contributed by atoms with Crippen molar-refractivity contribution in [3.8, 4) is 0 Å². The second-order valence-electron chi connectivity index (χ2n) is 6.58. The molecular formula is C21H19ClN4O4. The van der Waals surface area contributed by atoms with Crippen LogP contribution in [0.25, 0.3) is 17.0 Å². The summed E-state index contributed by atoms with van der Waals surface area (Å²) in [4.78, 5) is 44.3. The molecule has 0 bridgehead atoms. The van der Waals surface area contributed by atoms with E-state index in [4.69, 9.17) is 11.6 Å². The Bertz CT molecular complexity index is 1190. The van der Waals surface area contributed by atoms with E-state index in [1.165, 1.54) is 23.1 Å². The molecule has 0 fully saturated rings. The van der Waals surface area contributed by atoms with E-state index in [1.807, 2.05) is 6.92 Å². The number of benzene rings is 2. The number of carbonyl (C=O) groups is 1. The third kappa shape index (κ3) is 4.90. The van der Waals surface area contributed by atoms with Gasteiger partial charge in [0.25, 0.3) is 11.2 Å². The quantitative estimate of drug-likeness (QED) is 0.349. The van der Waals surface area contributed by atoms with Crippen molar-refractivity contribution >= 4 is 40.2 Å². The largest absolute Gasteiger partial charge is 0.332 e. The van der Waals surface area contributed by atoms with Gasteiger partial charge in [-0.25, -0.2) is 4.98 Å². The molecule has 1 N–H and O–H groups in total. The van der Waals surface area contributed by atoms with Gasteiger partial charge >= 0.3 is 0 Å². The van der Waals surface area contributed by atoms with Gasteiger partial charge in [-0.2, -0.15) is 0 Å². The normalized spacial score (nSPS) is 11.1. The van der Waals surface area contributed by atoms with Gasteiger partial charge in [0, 0.05) is 23.7 Å². The van der Waals surface area contributed by atoms with Gasteiger partial charge in [-0.3, -0.25) is 19.7 Å². The van der Waals surface area contributed by atoms with Gasteiger partial charge in [-0.1, -0.05) is 30.7 Å². The number of nitrogens with one attached hydrogen (secondary N) is 1. The lowest BCUT2D eigenvalue weighted by molar-refractivity contribution is -0.385. The minimum absolute atomic E-state index is 0.0824. The van der Waals surface area contributed by atoms with Gasteiger partial charge in [-0.15, -0.1) is 0 Å². The Balaban J connectivity index is 1.86. The molecule has 2 aromatic carbocycles. The Morgan fingerprint density at radius 1 is 1.30 bits per heavy atom. The maximum Gasteiger partial charge on any atom is 0.276 e. The van der Waals surface area contributed by atoms with E-state index in [9.17, 15) is 19.7 Å². The van der Waals surface area contributed by atoms with Gasteiger partial charge in [-0.05, 0) is 36.8 Å². The number of rotatable bonds is 7. The molecule has 0 radical (unpaired) electrons. The average molecular weight is 427 g/mol. The number of nitrogens with zero attached hydrogens (tertiary/aromatic N) is 3. The van der Waals surface area contributed by atoms with Gasteiger partial charge in [0.15, 0.2) is 0 Å². The highest BCUT2D eigenvalue weighted by atomic mass is 35.5. The maximum atomic E-state index is 12.7. The van der Waals surface area contributed by atoms with Crippen molar-refractivity contribution in [3.05, 3.63) is 85.4 Å². The van der Waals surface area contributed by atoms with E-state index in [0.717, 1.165) is 0 Å². The van der Waals surface area contributed by atoms with Crippen LogP contribution in [0.3, 0.4) is 0 Å². The molecule has 1 amide bonds. The number of fused-ring (bicyclic) bond motifs is 1. The molecule has 0 saturated heterocycles. The van der Waals surface area contributed by atoms with Crippen LogP contribution in [0.15, 0.2) is 53.3 Å². The molecule has 0 spiro atoms. The summed E-state index contributed by atoms with van der Waals surface area (Å²) in [5, 5.41) is 12.0. The molecule has 1 aromatic heterocycles. The fourth-order valence-corrected chi connectivity index (χ4v) is 3.18. The molecule has 0 saturated carbocycles. The van der Waals surface area contributed by atoms with Crippen molar-refractivity contribution in [1.29, 1.82) is 0 Å². The summed E-state index contributed by atoms with van der Waals surface area (Å²) >= 11 is 5.99. The second-order valence-corrected chi connectivity index (χ2v) is 7.02. The van der Waals surface area contributed by atoms with Gasteiger partial charge in [0.05, 0.1) is 27.9 Å². The first kappa shape index (κ1) is 21.2. The molecule has 3 aromatic rings. The van der Waals surface area contributed by atoms with Crippen molar-refractivity contribution in [3.63, 3.8) is 0 Å². The smallest absolute Gasteiger partial charge is 0.276 e. The van der Waals surface area contributed by atoms with E-state index in [2.05, 4.69) is 9.97 Å². The summed E-state index contributed by atoms with van der Waals surface area (Å²) in [6.45, 7) is 2.44. The van der Waals surface area contributed by atoms with Crippen LogP contribution in [0.1, 0.15) is 24.7 Å². The molecule has 0 aliphatic carbocycles. The molecule has 1 heterocycles. The zero-order valence-corrected chi connectivity index (χ0v) is 16.9. The van der Waals surface area contributed by atoms with Gasteiger partial charge < -0.3 is 9.88 Å². The summed E-state index contributed by atoms with van der Waals surface area (Å²) in [6, 6.07) is 11.0. The standard InChI is InChI=1S/C21H19ClN4O4/c1-2-11-25(20(27)10-7-14-5-3-4-6-18(14)26(29)30)13-19-23-17-12-15(22)8-9-16(17)21(28)24-19/h3-10,12H,2,11,13H2,1H3,(H,23,24,28). The first-order valence-electron chi connectivity index (χ1n) is 9.28. The van der Waals surface area contributed by atoms with Crippen molar-refractivity contribution < 1.29 is 9.72 Å². The number of halogens is 1. The zero-order chi connectivity index (χ0) is 21.7. The number of amides is 1. The highest BCUT2D eigenvalue weighted by Gasteiger charge is 2.15. The third-order valence-electron chi connectivity index (χ3n) is 4.40. The number of nitro groups is 1. The number of H-pyrrole nitrogens is 1. The number of carbonyl (C=O) groups excluding carboxylic acids is 1. The number of nitro benzene ring substituents is 1. The second kappa shape index (κ2) is 9.32. The predicted molar refractivity (Wildman–Crippen MR) is 115 cm³/mol. The predicted octanol–water partition coefficient (Wildman–Crippen LogP) is 3.94. The fourth-order valence-electron chi connectivity index (χ4n) is 3.02. The molecule has 154 valence electrons. The van der Waals surface area contributed by atoms with Crippen LogP contribution in [-0.4, -0.2) is 32.2 Å². The topological polar surface area (TPSA) is 109 Å². The van der Waals surface area contributed by atoms with Crippen molar-refractivity contribution in [2.45, 2.75) is 19.9 Å². The highest BCUT2D eigenvalue weighted by molar-refractivity contribution is 6.31. The molecule has 3 rings (SSSR count).